The highest BCUT2D eigenvalue weighted by Crippen LogP contribution is 2.24. The number of carbonyl (C=O) groups is 1. The second-order valence-electron chi connectivity index (χ2n) is 5.33. The molecule has 1 aliphatic heterocycles. The van der Waals surface area contributed by atoms with E-state index in [1.165, 1.54) is 0 Å². The Kier molecular flexibility index (Phi) is 4.28. The summed E-state index contributed by atoms with van der Waals surface area (Å²) < 4.78 is 10.8. The number of benzene rings is 2. The molecule has 0 spiro atoms. The molecule has 5 heteroatoms. The predicted molar refractivity (Wildman–Crippen MR) is 89.7 cm³/mol. The number of methoxy groups -OCH3 is 1. The monoisotopic (exact) mass is 310 g/mol. The Morgan fingerprint density at radius 3 is 2.70 bits per heavy atom. The number of nitrogens with zero attached hydrogens (tertiary/aromatic N) is 1. The van der Waals surface area contributed by atoms with Gasteiger partial charge in [0.1, 0.15) is 17.2 Å². The SMILES string of the molecule is COc1ccc(N/N=C2/CCOc3ccc(C)cc3C2=O)cc1. The summed E-state index contributed by atoms with van der Waals surface area (Å²) in [6, 6.07) is 13.0. The van der Waals surface area contributed by atoms with Crippen molar-refractivity contribution < 1.29 is 14.3 Å². The first-order valence-corrected chi connectivity index (χ1v) is 7.42. The molecule has 0 saturated carbocycles. The molecule has 0 aromatic heterocycles. The minimum atomic E-state index is -0.0952. The second-order valence-corrected chi connectivity index (χ2v) is 5.33. The van der Waals surface area contributed by atoms with Gasteiger partial charge in [0.2, 0.25) is 5.78 Å². The van der Waals surface area contributed by atoms with Crippen molar-refractivity contribution in [1.82, 2.24) is 0 Å². The van der Waals surface area contributed by atoms with Gasteiger partial charge in [-0.1, -0.05) is 11.6 Å². The van der Waals surface area contributed by atoms with Crippen LogP contribution in [0, 0.1) is 6.92 Å². The molecule has 0 amide bonds. The van der Waals surface area contributed by atoms with E-state index >= 15 is 0 Å². The third-order valence-corrected chi connectivity index (χ3v) is 3.65. The van der Waals surface area contributed by atoms with Crippen molar-refractivity contribution in [3.63, 3.8) is 0 Å². The standard InChI is InChI=1S/C18H18N2O3/c1-12-3-8-17-15(11-12)18(21)16(9-10-23-17)20-19-13-4-6-14(22-2)7-5-13/h3-8,11,19H,9-10H2,1-2H3/b20-16-. The van der Waals surface area contributed by atoms with Crippen molar-refractivity contribution >= 4 is 17.2 Å². The Labute approximate surface area is 134 Å². The first kappa shape index (κ1) is 15.1. The molecule has 23 heavy (non-hydrogen) atoms. The fourth-order valence-electron chi connectivity index (χ4n) is 2.38. The van der Waals surface area contributed by atoms with Gasteiger partial charge in [0.15, 0.2) is 0 Å². The van der Waals surface area contributed by atoms with E-state index in [1.807, 2.05) is 49.4 Å². The van der Waals surface area contributed by atoms with Gasteiger partial charge in [0.05, 0.1) is 25.0 Å². The number of hydrazone groups is 1. The van der Waals surface area contributed by atoms with Crippen molar-refractivity contribution in [3.8, 4) is 11.5 Å². The Hall–Kier alpha value is -2.82. The lowest BCUT2D eigenvalue weighted by molar-refractivity contribution is 0.106. The molecule has 2 aromatic rings. The van der Waals surface area contributed by atoms with Crippen LogP contribution in [-0.4, -0.2) is 25.2 Å². The predicted octanol–water partition coefficient (Wildman–Crippen LogP) is 3.44. The average molecular weight is 310 g/mol. The third-order valence-electron chi connectivity index (χ3n) is 3.65. The topological polar surface area (TPSA) is 59.9 Å². The molecule has 0 bridgehead atoms. The van der Waals surface area contributed by atoms with E-state index in [-0.39, 0.29) is 5.78 Å². The molecular formula is C18H18N2O3. The van der Waals surface area contributed by atoms with Crippen LogP contribution in [0.25, 0.3) is 0 Å². The molecule has 0 saturated heterocycles. The van der Waals surface area contributed by atoms with E-state index in [1.54, 1.807) is 7.11 Å². The highest BCUT2D eigenvalue weighted by atomic mass is 16.5. The summed E-state index contributed by atoms with van der Waals surface area (Å²) in [7, 11) is 1.62. The summed E-state index contributed by atoms with van der Waals surface area (Å²) in [6.45, 7) is 2.38. The normalized spacial score (nSPS) is 15.6. The van der Waals surface area contributed by atoms with Crippen LogP contribution in [0.15, 0.2) is 47.6 Å². The molecule has 118 valence electrons. The molecule has 1 N–H and O–H groups in total. The van der Waals surface area contributed by atoms with Gasteiger partial charge in [0, 0.05) is 6.42 Å². The van der Waals surface area contributed by atoms with Gasteiger partial charge in [-0.05, 0) is 43.3 Å². The lowest BCUT2D eigenvalue weighted by Crippen LogP contribution is -2.15. The highest BCUT2D eigenvalue weighted by molar-refractivity contribution is 6.46. The van der Waals surface area contributed by atoms with Gasteiger partial charge in [-0.25, -0.2) is 0 Å². The summed E-state index contributed by atoms with van der Waals surface area (Å²) in [5.74, 6) is 1.30. The summed E-state index contributed by atoms with van der Waals surface area (Å²) in [4.78, 5) is 12.6. The number of nitrogens with one attached hydrogen (secondary N) is 1. The lowest BCUT2D eigenvalue weighted by atomic mass is 10.0. The molecule has 1 aliphatic rings. The fraction of sp³-hybridized carbons (Fsp3) is 0.222. The molecule has 1 heterocycles. The summed E-state index contributed by atoms with van der Waals surface area (Å²) in [5.41, 5.74) is 5.77. The van der Waals surface area contributed by atoms with Crippen molar-refractivity contribution in [2.75, 3.05) is 19.1 Å². The van der Waals surface area contributed by atoms with Gasteiger partial charge in [-0.2, -0.15) is 5.10 Å². The number of anilines is 1. The molecule has 0 fully saturated rings. The zero-order valence-corrected chi connectivity index (χ0v) is 13.1. The lowest BCUT2D eigenvalue weighted by Gasteiger charge is -2.06. The second kappa shape index (κ2) is 6.52. The maximum Gasteiger partial charge on any atom is 0.212 e. The van der Waals surface area contributed by atoms with Gasteiger partial charge in [-0.3, -0.25) is 10.2 Å². The van der Waals surface area contributed by atoms with Crippen LogP contribution in [0.3, 0.4) is 0 Å². The molecule has 5 nitrogen and oxygen atoms in total. The van der Waals surface area contributed by atoms with E-state index in [2.05, 4.69) is 10.5 Å². The van der Waals surface area contributed by atoms with Crippen LogP contribution in [0.1, 0.15) is 22.3 Å². The molecule has 0 atom stereocenters. The molecule has 0 aliphatic carbocycles. The van der Waals surface area contributed by atoms with E-state index in [9.17, 15) is 4.79 Å². The fourth-order valence-corrected chi connectivity index (χ4v) is 2.38. The first-order chi connectivity index (χ1) is 11.2. The smallest absolute Gasteiger partial charge is 0.212 e. The van der Waals surface area contributed by atoms with Crippen LogP contribution >= 0.6 is 0 Å². The Bertz CT molecular complexity index is 751. The largest absolute Gasteiger partial charge is 0.497 e. The Morgan fingerprint density at radius 1 is 1.17 bits per heavy atom. The third kappa shape index (κ3) is 3.34. The Morgan fingerprint density at radius 2 is 1.96 bits per heavy atom. The van der Waals surface area contributed by atoms with Crippen LogP contribution in [0.4, 0.5) is 5.69 Å². The number of hydrogen-bond acceptors (Lipinski definition) is 5. The van der Waals surface area contributed by atoms with E-state index in [4.69, 9.17) is 9.47 Å². The summed E-state index contributed by atoms with van der Waals surface area (Å²) in [5, 5.41) is 4.27. The van der Waals surface area contributed by atoms with Crippen LogP contribution in [-0.2, 0) is 0 Å². The number of rotatable bonds is 3. The minimum absolute atomic E-state index is 0.0952. The molecule has 0 radical (unpaired) electrons. The maximum absolute atomic E-state index is 12.6. The van der Waals surface area contributed by atoms with Crippen LogP contribution in [0.2, 0.25) is 0 Å². The van der Waals surface area contributed by atoms with Crippen molar-refractivity contribution in [2.45, 2.75) is 13.3 Å². The quantitative estimate of drug-likeness (QED) is 0.882. The number of fused-ring (bicyclic) bond motifs is 1. The molecule has 0 unspecified atom stereocenters. The zero-order valence-electron chi connectivity index (χ0n) is 13.1. The minimum Gasteiger partial charge on any atom is -0.497 e. The first-order valence-electron chi connectivity index (χ1n) is 7.42. The van der Waals surface area contributed by atoms with Gasteiger partial charge in [-0.15, -0.1) is 0 Å². The van der Waals surface area contributed by atoms with E-state index in [0.717, 1.165) is 17.0 Å². The van der Waals surface area contributed by atoms with Crippen LogP contribution < -0.4 is 14.9 Å². The number of ketones is 1. The maximum atomic E-state index is 12.6. The Balaban J connectivity index is 1.82. The number of carbonyl (C=O) groups excluding carboxylic acids is 1. The average Bonchev–Trinajstić information content (AvgIpc) is 2.73. The van der Waals surface area contributed by atoms with Crippen LogP contribution in [0.5, 0.6) is 11.5 Å². The number of hydrogen-bond donors (Lipinski definition) is 1. The number of Topliss-reactive ketones (excluding diaryl/α,β-unsaturated/α-hetero) is 1. The summed E-state index contributed by atoms with van der Waals surface area (Å²) in [6.07, 6.45) is 0.468. The molecule has 3 rings (SSSR count). The van der Waals surface area contributed by atoms with Gasteiger partial charge >= 0.3 is 0 Å². The molecular weight excluding hydrogens is 292 g/mol. The van der Waals surface area contributed by atoms with E-state index in [0.29, 0.717) is 30.1 Å². The van der Waals surface area contributed by atoms with Gasteiger partial charge < -0.3 is 9.47 Å². The van der Waals surface area contributed by atoms with E-state index < -0.39 is 0 Å². The summed E-state index contributed by atoms with van der Waals surface area (Å²) >= 11 is 0. The van der Waals surface area contributed by atoms with Gasteiger partial charge in [0.25, 0.3) is 0 Å². The van der Waals surface area contributed by atoms with Crippen molar-refractivity contribution in [3.05, 3.63) is 53.6 Å². The number of ether oxygens (including phenoxy) is 2. The number of aryl methyl sites for hydroxylation is 1. The van der Waals surface area contributed by atoms with Crippen molar-refractivity contribution in [1.29, 1.82) is 0 Å². The highest BCUT2D eigenvalue weighted by Gasteiger charge is 2.22. The van der Waals surface area contributed by atoms with Crippen molar-refractivity contribution in [2.24, 2.45) is 5.10 Å². The molecule has 2 aromatic carbocycles. The zero-order chi connectivity index (χ0) is 16.2.